The van der Waals surface area contributed by atoms with E-state index in [1.165, 1.54) is 0 Å². The summed E-state index contributed by atoms with van der Waals surface area (Å²) in [7, 11) is 0. The van der Waals surface area contributed by atoms with E-state index in [0.29, 0.717) is 0 Å². The Morgan fingerprint density at radius 2 is 1.95 bits per heavy atom. The topological polar surface area (TPSA) is 35.0 Å². The molecule has 106 valence electrons. The minimum absolute atomic E-state index is 0.136. The number of aromatic nitrogens is 2. The van der Waals surface area contributed by atoms with Gasteiger partial charge in [0.15, 0.2) is 0 Å². The van der Waals surface area contributed by atoms with Crippen LogP contribution in [0.3, 0.4) is 0 Å². The van der Waals surface area contributed by atoms with Crippen molar-refractivity contribution in [3.8, 4) is 17.0 Å². The van der Waals surface area contributed by atoms with E-state index in [0.717, 1.165) is 40.3 Å². The van der Waals surface area contributed by atoms with Crippen molar-refractivity contribution in [3.05, 3.63) is 40.8 Å². The molecule has 20 heavy (non-hydrogen) atoms. The van der Waals surface area contributed by atoms with Gasteiger partial charge in [-0.05, 0) is 54.4 Å². The zero-order valence-corrected chi connectivity index (χ0v) is 13.6. The van der Waals surface area contributed by atoms with E-state index in [9.17, 15) is 0 Å². The molecule has 2 aromatic rings. The normalized spacial score (nSPS) is 10.8. The number of nitrogens with zero attached hydrogens (tertiary/aromatic N) is 2. The molecule has 2 rings (SSSR count). The standard InChI is InChI=1S/C16H19BrN2O/c1-4-7-16-18-13(10-15(17)19-16)12-8-5-6-9-14(12)20-11(2)3/h5-6,8-11H,4,7H2,1-3H3. The molecule has 4 heteroatoms. The Hall–Kier alpha value is -1.42. The fourth-order valence-electron chi connectivity index (χ4n) is 1.97. The summed E-state index contributed by atoms with van der Waals surface area (Å²) in [5.41, 5.74) is 1.90. The smallest absolute Gasteiger partial charge is 0.130 e. The molecule has 0 aliphatic carbocycles. The van der Waals surface area contributed by atoms with Gasteiger partial charge in [-0.3, -0.25) is 0 Å². The molecule has 0 N–H and O–H groups in total. The molecule has 0 fully saturated rings. The summed E-state index contributed by atoms with van der Waals surface area (Å²) < 4.78 is 6.67. The molecule has 0 saturated heterocycles. The Labute approximate surface area is 128 Å². The van der Waals surface area contributed by atoms with Gasteiger partial charge in [-0.1, -0.05) is 19.1 Å². The molecule has 1 heterocycles. The largest absolute Gasteiger partial charge is 0.490 e. The first-order valence-corrected chi connectivity index (χ1v) is 7.69. The minimum Gasteiger partial charge on any atom is -0.490 e. The van der Waals surface area contributed by atoms with Crippen molar-refractivity contribution in [1.29, 1.82) is 0 Å². The maximum absolute atomic E-state index is 5.86. The Morgan fingerprint density at radius 3 is 2.65 bits per heavy atom. The zero-order valence-electron chi connectivity index (χ0n) is 12.1. The molecule has 0 radical (unpaired) electrons. The Morgan fingerprint density at radius 1 is 1.20 bits per heavy atom. The molecule has 3 nitrogen and oxygen atoms in total. The van der Waals surface area contributed by atoms with Crippen LogP contribution in [0.5, 0.6) is 5.75 Å². The monoisotopic (exact) mass is 334 g/mol. The van der Waals surface area contributed by atoms with Crippen LogP contribution in [-0.4, -0.2) is 16.1 Å². The fraction of sp³-hybridized carbons (Fsp3) is 0.375. The number of para-hydroxylation sites is 1. The first-order valence-electron chi connectivity index (χ1n) is 6.89. The second-order valence-electron chi connectivity index (χ2n) is 4.90. The van der Waals surface area contributed by atoms with Crippen molar-refractivity contribution < 1.29 is 4.74 Å². The highest BCUT2D eigenvalue weighted by atomic mass is 79.9. The first kappa shape index (κ1) is 15.0. The SMILES string of the molecule is CCCc1nc(Br)cc(-c2ccccc2OC(C)C)n1. The summed E-state index contributed by atoms with van der Waals surface area (Å²) in [4.78, 5) is 9.04. The number of hydrogen-bond acceptors (Lipinski definition) is 3. The Balaban J connectivity index is 2.45. The average molecular weight is 335 g/mol. The van der Waals surface area contributed by atoms with Crippen LogP contribution in [0.15, 0.2) is 34.9 Å². The number of aryl methyl sites for hydroxylation is 1. The van der Waals surface area contributed by atoms with Gasteiger partial charge in [0.05, 0.1) is 11.8 Å². The maximum atomic E-state index is 5.86. The minimum atomic E-state index is 0.136. The van der Waals surface area contributed by atoms with Gasteiger partial charge in [0.25, 0.3) is 0 Å². The van der Waals surface area contributed by atoms with Crippen molar-refractivity contribution >= 4 is 15.9 Å². The number of hydrogen-bond donors (Lipinski definition) is 0. The first-order chi connectivity index (χ1) is 9.60. The lowest BCUT2D eigenvalue weighted by molar-refractivity contribution is 0.243. The molecule has 0 saturated carbocycles. The van der Waals surface area contributed by atoms with Gasteiger partial charge in [0.2, 0.25) is 0 Å². The lowest BCUT2D eigenvalue weighted by Gasteiger charge is -2.14. The second-order valence-corrected chi connectivity index (χ2v) is 5.72. The van der Waals surface area contributed by atoms with Crippen LogP contribution < -0.4 is 4.74 Å². The second kappa shape index (κ2) is 6.84. The highest BCUT2D eigenvalue weighted by Gasteiger charge is 2.11. The molecular formula is C16H19BrN2O. The van der Waals surface area contributed by atoms with Crippen LogP contribution in [0, 0.1) is 0 Å². The van der Waals surface area contributed by atoms with Crippen LogP contribution in [-0.2, 0) is 6.42 Å². The van der Waals surface area contributed by atoms with Crippen molar-refractivity contribution in [1.82, 2.24) is 9.97 Å². The molecule has 1 aromatic carbocycles. The Kier molecular flexibility index (Phi) is 5.12. The molecule has 0 bridgehead atoms. The van der Waals surface area contributed by atoms with Gasteiger partial charge < -0.3 is 4.74 Å². The predicted molar refractivity (Wildman–Crippen MR) is 84.9 cm³/mol. The van der Waals surface area contributed by atoms with Gasteiger partial charge in [-0.2, -0.15) is 0 Å². The molecule has 0 atom stereocenters. The number of halogens is 1. The quantitative estimate of drug-likeness (QED) is 0.746. The van der Waals surface area contributed by atoms with Gasteiger partial charge in [0.1, 0.15) is 16.2 Å². The summed E-state index contributed by atoms with van der Waals surface area (Å²) >= 11 is 3.46. The van der Waals surface area contributed by atoms with Crippen LogP contribution in [0.4, 0.5) is 0 Å². The lowest BCUT2D eigenvalue weighted by atomic mass is 10.1. The Bertz CT molecular complexity index is 584. The van der Waals surface area contributed by atoms with Gasteiger partial charge in [-0.25, -0.2) is 9.97 Å². The highest BCUT2D eigenvalue weighted by Crippen LogP contribution is 2.30. The van der Waals surface area contributed by atoms with Crippen LogP contribution in [0.1, 0.15) is 33.0 Å². The molecule has 1 aromatic heterocycles. The van der Waals surface area contributed by atoms with E-state index >= 15 is 0 Å². The third-order valence-electron chi connectivity index (χ3n) is 2.74. The average Bonchev–Trinajstić information content (AvgIpc) is 2.38. The summed E-state index contributed by atoms with van der Waals surface area (Å²) in [6.07, 6.45) is 2.04. The van der Waals surface area contributed by atoms with E-state index in [-0.39, 0.29) is 6.10 Å². The van der Waals surface area contributed by atoms with Crippen molar-refractivity contribution in [2.75, 3.05) is 0 Å². The van der Waals surface area contributed by atoms with E-state index in [1.807, 2.05) is 44.2 Å². The van der Waals surface area contributed by atoms with E-state index in [4.69, 9.17) is 4.74 Å². The highest BCUT2D eigenvalue weighted by molar-refractivity contribution is 9.10. The van der Waals surface area contributed by atoms with E-state index in [2.05, 4.69) is 32.8 Å². The molecule has 0 aliphatic heterocycles. The third-order valence-corrected chi connectivity index (χ3v) is 3.15. The van der Waals surface area contributed by atoms with Crippen LogP contribution >= 0.6 is 15.9 Å². The summed E-state index contributed by atoms with van der Waals surface area (Å²) in [5.74, 6) is 1.71. The summed E-state index contributed by atoms with van der Waals surface area (Å²) in [6.45, 7) is 6.17. The van der Waals surface area contributed by atoms with E-state index in [1.54, 1.807) is 0 Å². The number of ether oxygens (including phenoxy) is 1. The predicted octanol–water partition coefficient (Wildman–Crippen LogP) is 4.65. The van der Waals surface area contributed by atoms with Crippen LogP contribution in [0.25, 0.3) is 11.3 Å². The molecule has 0 amide bonds. The van der Waals surface area contributed by atoms with Crippen molar-refractivity contribution in [2.45, 2.75) is 39.7 Å². The van der Waals surface area contributed by atoms with Crippen LogP contribution in [0.2, 0.25) is 0 Å². The number of benzene rings is 1. The molecule has 0 unspecified atom stereocenters. The summed E-state index contributed by atoms with van der Waals surface area (Å²) in [5, 5.41) is 0. The van der Waals surface area contributed by atoms with Gasteiger partial charge >= 0.3 is 0 Å². The lowest BCUT2D eigenvalue weighted by Crippen LogP contribution is -2.07. The van der Waals surface area contributed by atoms with Crippen molar-refractivity contribution in [3.63, 3.8) is 0 Å². The van der Waals surface area contributed by atoms with E-state index < -0.39 is 0 Å². The van der Waals surface area contributed by atoms with Gasteiger partial charge in [-0.15, -0.1) is 0 Å². The number of rotatable bonds is 5. The molecule has 0 spiro atoms. The van der Waals surface area contributed by atoms with Gasteiger partial charge in [0, 0.05) is 12.0 Å². The summed E-state index contributed by atoms with van der Waals surface area (Å²) in [6, 6.07) is 9.91. The fourth-order valence-corrected chi connectivity index (χ4v) is 2.39. The zero-order chi connectivity index (χ0) is 14.5. The molecular weight excluding hydrogens is 316 g/mol. The maximum Gasteiger partial charge on any atom is 0.130 e. The third kappa shape index (κ3) is 3.79. The van der Waals surface area contributed by atoms with Crippen molar-refractivity contribution in [2.24, 2.45) is 0 Å². The molecule has 0 aliphatic rings.